The molecule has 2 amide bonds. The second-order valence-corrected chi connectivity index (χ2v) is 9.17. The molecule has 0 aliphatic carbocycles. The van der Waals surface area contributed by atoms with E-state index in [1.54, 1.807) is 19.9 Å². The highest BCUT2D eigenvalue weighted by Crippen LogP contribution is 2.26. The molecule has 1 aliphatic heterocycles. The zero-order chi connectivity index (χ0) is 20.9. The standard InChI is InChI=1S/C18H26N4O5S/c1-18(2,17(19)25)9-8-16(24)22(13-6-5-10-20-12-14(13)23)28(26,27)15-7-3-4-11-21-15/h3-4,7,11,13,20H,5-6,8-10,12H2,1-2H3,(H2,19,25)/t13-/m1/s1. The van der Waals surface area contributed by atoms with Crippen LogP contribution in [0.4, 0.5) is 0 Å². The van der Waals surface area contributed by atoms with Crippen LogP contribution in [0.15, 0.2) is 29.4 Å². The number of aromatic nitrogens is 1. The van der Waals surface area contributed by atoms with Crippen molar-refractivity contribution in [2.75, 3.05) is 13.1 Å². The summed E-state index contributed by atoms with van der Waals surface area (Å²) in [5.41, 5.74) is 4.36. The number of ketones is 1. The van der Waals surface area contributed by atoms with Gasteiger partial charge in [0.25, 0.3) is 10.0 Å². The van der Waals surface area contributed by atoms with Crippen molar-refractivity contribution in [3.63, 3.8) is 0 Å². The van der Waals surface area contributed by atoms with Gasteiger partial charge in [-0.3, -0.25) is 14.4 Å². The Labute approximate surface area is 164 Å². The smallest absolute Gasteiger partial charge is 0.284 e. The van der Waals surface area contributed by atoms with Gasteiger partial charge in [0.2, 0.25) is 11.8 Å². The summed E-state index contributed by atoms with van der Waals surface area (Å²) in [6, 6.07) is 3.23. The predicted molar refractivity (Wildman–Crippen MR) is 101 cm³/mol. The molecule has 0 aromatic carbocycles. The number of carbonyl (C=O) groups is 3. The SMILES string of the molecule is CC(C)(CCC(=O)N([C@@H]1CCCNCC1=O)S(=O)(=O)c1ccccn1)C(N)=O. The van der Waals surface area contributed by atoms with Gasteiger partial charge in [-0.1, -0.05) is 19.9 Å². The number of rotatable bonds is 7. The van der Waals surface area contributed by atoms with Crippen molar-refractivity contribution < 1.29 is 22.8 Å². The fraction of sp³-hybridized carbons (Fsp3) is 0.556. The fourth-order valence-corrected chi connectivity index (χ4v) is 4.45. The molecule has 1 aromatic rings. The van der Waals surface area contributed by atoms with Gasteiger partial charge in [-0.15, -0.1) is 0 Å². The van der Waals surface area contributed by atoms with E-state index in [1.165, 1.54) is 18.3 Å². The Morgan fingerprint density at radius 1 is 1.36 bits per heavy atom. The van der Waals surface area contributed by atoms with E-state index < -0.39 is 33.3 Å². The third kappa shape index (κ3) is 4.93. The van der Waals surface area contributed by atoms with Gasteiger partial charge >= 0.3 is 0 Å². The number of hydrogen-bond donors (Lipinski definition) is 2. The van der Waals surface area contributed by atoms with Crippen molar-refractivity contribution in [2.24, 2.45) is 11.1 Å². The summed E-state index contributed by atoms with van der Waals surface area (Å²) in [7, 11) is -4.33. The van der Waals surface area contributed by atoms with Gasteiger partial charge in [0, 0.05) is 18.0 Å². The lowest BCUT2D eigenvalue weighted by Gasteiger charge is -2.30. The summed E-state index contributed by atoms with van der Waals surface area (Å²) in [5.74, 6) is -1.71. The highest BCUT2D eigenvalue weighted by molar-refractivity contribution is 7.89. The topological polar surface area (TPSA) is 140 Å². The first-order chi connectivity index (χ1) is 13.1. The Bertz CT molecular complexity index is 839. The van der Waals surface area contributed by atoms with E-state index in [2.05, 4.69) is 10.3 Å². The van der Waals surface area contributed by atoms with Crippen molar-refractivity contribution in [1.29, 1.82) is 0 Å². The largest absolute Gasteiger partial charge is 0.369 e. The average Bonchev–Trinajstić information content (AvgIpc) is 2.85. The van der Waals surface area contributed by atoms with Crippen molar-refractivity contribution in [3.05, 3.63) is 24.4 Å². The number of nitrogens with zero attached hydrogens (tertiary/aromatic N) is 2. The number of hydrogen-bond acceptors (Lipinski definition) is 7. The summed E-state index contributed by atoms with van der Waals surface area (Å²) < 4.78 is 27.0. The van der Waals surface area contributed by atoms with Crippen molar-refractivity contribution >= 4 is 27.6 Å². The number of primary amides is 1. The molecule has 1 fully saturated rings. The molecule has 0 saturated carbocycles. The molecule has 154 valence electrons. The monoisotopic (exact) mass is 410 g/mol. The van der Waals surface area contributed by atoms with Crippen molar-refractivity contribution in [2.45, 2.75) is 50.6 Å². The van der Waals surface area contributed by atoms with Crippen LogP contribution in [0.2, 0.25) is 0 Å². The first-order valence-corrected chi connectivity index (χ1v) is 10.5. The molecule has 0 unspecified atom stereocenters. The van der Waals surface area contributed by atoms with E-state index in [1.807, 2.05) is 0 Å². The summed E-state index contributed by atoms with van der Waals surface area (Å²) >= 11 is 0. The molecule has 0 bridgehead atoms. The fourth-order valence-electron chi connectivity index (χ4n) is 2.89. The number of Topliss-reactive ketones (excluding diaryl/α,β-unsaturated/α-hetero) is 1. The van der Waals surface area contributed by atoms with Crippen molar-refractivity contribution in [3.8, 4) is 0 Å². The zero-order valence-corrected chi connectivity index (χ0v) is 16.9. The van der Waals surface area contributed by atoms with Crippen LogP contribution in [0.1, 0.15) is 39.5 Å². The van der Waals surface area contributed by atoms with Crippen LogP contribution in [0.5, 0.6) is 0 Å². The minimum Gasteiger partial charge on any atom is -0.369 e. The van der Waals surface area contributed by atoms with E-state index in [0.717, 1.165) is 0 Å². The molecule has 1 aliphatic rings. The maximum atomic E-state index is 13.2. The highest BCUT2D eigenvalue weighted by atomic mass is 32.2. The molecular formula is C18H26N4O5S. The first-order valence-electron chi connectivity index (χ1n) is 9.09. The molecule has 1 saturated heterocycles. The molecule has 28 heavy (non-hydrogen) atoms. The van der Waals surface area contributed by atoms with Gasteiger partial charge < -0.3 is 11.1 Å². The Hall–Kier alpha value is -2.33. The third-order valence-corrected chi connectivity index (χ3v) is 6.57. The maximum Gasteiger partial charge on any atom is 0.284 e. The quantitative estimate of drug-likeness (QED) is 0.655. The minimum atomic E-state index is -4.33. The Balaban J connectivity index is 2.40. The second-order valence-electron chi connectivity index (χ2n) is 7.41. The molecule has 2 rings (SSSR count). The van der Waals surface area contributed by atoms with Crippen LogP contribution < -0.4 is 11.1 Å². The Morgan fingerprint density at radius 2 is 2.07 bits per heavy atom. The summed E-state index contributed by atoms with van der Waals surface area (Å²) in [4.78, 5) is 40.9. The molecule has 9 nitrogen and oxygen atoms in total. The number of sulfonamides is 1. The number of nitrogens with one attached hydrogen (secondary N) is 1. The van der Waals surface area contributed by atoms with Crippen LogP contribution >= 0.6 is 0 Å². The zero-order valence-electron chi connectivity index (χ0n) is 16.1. The van der Waals surface area contributed by atoms with E-state index >= 15 is 0 Å². The Morgan fingerprint density at radius 3 is 2.68 bits per heavy atom. The summed E-state index contributed by atoms with van der Waals surface area (Å²) in [5, 5.41) is 2.62. The second kappa shape index (κ2) is 8.78. The third-order valence-electron chi connectivity index (χ3n) is 4.82. The molecule has 0 spiro atoms. The number of pyridine rings is 1. The van der Waals surface area contributed by atoms with Gasteiger partial charge in [-0.05, 0) is 37.9 Å². The van der Waals surface area contributed by atoms with Crippen LogP contribution in [-0.2, 0) is 24.4 Å². The molecule has 0 radical (unpaired) electrons. The maximum absolute atomic E-state index is 13.2. The number of amides is 2. The lowest BCUT2D eigenvalue weighted by atomic mass is 9.87. The predicted octanol–water partition coefficient (Wildman–Crippen LogP) is 0.212. The minimum absolute atomic E-state index is 0.0149. The molecule has 2 heterocycles. The van der Waals surface area contributed by atoms with Crippen LogP contribution in [0.25, 0.3) is 0 Å². The van der Waals surface area contributed by atoms with E-state index in [0.29, 0.717) is 17.3 Å². The van der Waals surface area contributed by atoms with Gasteiger partial charge in [0.15, 0.2) is 10.8 Å². The summed E-state index contributed by atoms with van der Waals surface area (Å²) in [6.45, 7) is 3.71. The average molecular weight is 410 g/mol. The van der Waals surface area contributed by atoms with Crippen LogP contribution in [-0.4, -0.2) is 54.4 Å². The lowest BCUT2D eigenvalue weighted by molar-refractivity contribution is -0.135. The van der Waals surface area contributed by atoms with Gasteiger partial charge in [0.1, 0.15) is 6.04 Å². The van der Waals surface area contributed by atoms with Gasteiger partial charge in [0.05, 0.1) is 6.54 Å². The van der Waals surface area contributed by atoms with E-state index in [4.69, 9.17) is 5.73 Å². The summed E-state index contributed by atoms with van der Waals surface area (Å²) in [6.07, 6.45) is 1.91. The molecular weight excluding hydrogens is 384 g/mol. The molecule has 3 N–H and O–H groups in total. The van der Waals surface area contributed by atoms with Crippen molar-refractivity contribution in [1.82, 2.24) is 14.6 Å². The van der Waals surface area contributed by atoms with Crippen LogP contribution in [0.3, 0.4) is 0 Å². The van der Waals surface area contributed by atoms with Gasteiger partial charge in [-0.2, -0.15) is 8.42 Å². The Kier molecular flexibility index (Phi) is 6.89. The molecule has 1 aromatic heterocycles. The molecule has 1 atom stereocenters. The van der Waals surface area contributed by atoms with Gasteiger partial charge in [-0.25, -0.2) is 9.29 Å². The normalized spacial score (nSPS) is 18.4. The lowest BCUT2D eigenvalue weighted by Crippen LogP contribution is -2.50. The first kappa shape index (κ1) is 22.0. The molecule has 10 heteroatoms. The number of carbonyl (C=O) groups excluding carboxylic acids is 3. The highest BCUT2D eigenvalue weighted by Gasteiger charge is 2.40. The van der Waals surface area contributed by atoms with Crippen LogP contribution in [0, 0.1) is 5.41 Å². The van der Waals surface area contributed by atoms with E-state index in [-0.39, 0.29) is 36.6 Å². The number of nitrogens with two attached hydrogens (primary N) is 1. The van der Waals surface area contributed by atoms with E-state index in [9.17, 15) is 22.8 Å².